The van der Waals surface area contributed by atoms with Crippen molar-refractivity contribution in [2.24, 2.45) is 5.92 Å². The molecule has 1 fully saturated rings. The average molecular weight is 262 g/mol. The molecule has 0 radical (unpaired) electrons. The Morgan fingerprint density at radius 2 is 2.05 bits per heavy atom. The molecule has 19 heavy (non-hydrogen) atoms. The molecule has 1 aromatic heterocycles. The minimum atomic E-state index is 0.835. The fraction of sp³-hybridized carbons (Fsp3) is 0.733. The Morgan fingerprint density at radius 1 is 1.26 bits per heavy atom. The quantitative estimate of drug-likeness (QED) is 0.909. The Morgan fingerprint density at radius 3 is 2.74 bits per heavy atom. The van der Waals surface area contributed by atoms with Gasteiger partial charge in [-0.1, -0.05) is 13.8 Å². The summed E-state index contributed by atoms with van der Waals surface area (Å²) < 4.78 is 0. The first kappa shape index (κ1) is 14.1. The van der Waals surface area contributed by atoms with Gasteiger partial charge in [0.05, 0.1) is 0 Å². The Labute approximate surface area is 116 Å². The largest absolute Gasteiger partial charge is 0.373 e. The van der Waals surface area contributed by atoms with Crippen molar-refractivity contribution in [3.8, 4) is 0 Å². The molecule has 0 bridgehead atoms. The molecule has 1 aliphatic rings. The van der Waals surface area contributed by atoms with Gasteiger partial charge >= 0.3 is 0 Å². The molecule has 0 aromatic carbocycles. The van der Waals surface area contributed by atoms with Crippen LogP contribution in [0, 0.1) is 12.8 Å². The second-order valence-electron chi connectivity index (χ2n) is 5.56. The standard InChI is InChI=1S/C15H26N4/c1-5-13-17-14(16-4)12(3)15(18-13)19-9-6-7-11(2)8-10-19/h11H,5-10H2,1-4H3,(H,16,17,18). The van der Waals surface area contributed by atoms with Crippen molar-refractivity contribution < 1.29 is 0 Å². The van der Waals surface area contributed by atoms with Crippen LogP contribution < -0.4 is 10.2 Å². The van der Waals surface area contributed by atoms with E-state index in [4.69, 9.17) is 4.98 Å². The van der Waals surface area contributed by atoms with Crippen LogP contribution in [0.4, 0.5) is 11.6 Å². The van der Waals surface area contributed by atoms with E-state index in [9.17, 15) is 0 Å². The van der Waals surface area contributed by atoms with Crippen LogP contribution in [0.15, 0.2) is 0 Å². The third kappa shape index (κ3) is 3.17. The topological polar surface area (TPSA) is 41.1 Å². The predicted octanol–water partition coefficient (Wildman–Crippen LogP) is 3.02. The molecule has 2 rings (SSSR count). The SMILES string of the molecule is CCc1nc(NC)c(C)c(N2CCCC(C)CC2)n1. The molecule has 0 spiro atoms. The van der Waals surface area contributed by atoms with Crippen LogP contribution in [0.5, 0.6) is 0 Å². The van der Waals surface area contributed by atoms with Crippen molar-refractivity contribution in [1.29, 1.82) is 0 Å². The van der Waals surface area contributed by atoms with Crippen LogP contribution in [0.2, 0.25) is 0 Å². The zero-order valence-corrected chi connectivity index (χ0v) is 12.7. The molecule has 0 saturated carbocycles. The summed E-state index contributed by atoms with van der Waals surface area (Å²) in [7, 11) is 1.93. The number of hydrogen-bond donors (Lipinski definition) is 1. The number of aromatic nitrogens is 2. The first-order valence-corrected chi connectivity index (χ1v) is 7.45. The maximum absolute atomic E-state index is 4.76. The van der Waals surface area contributed by atoms with Crippen LogP contribution in [-0.2, 0) is 6.42 Å². The van der Waals surface area contributed by atoms with E-state index in [0.29, 0.717) is 0 Å². The molecule has 4 nitrogen and oxygen atoms in total. The Kier molecular flexibility index (Phi) is 4.61. The van der Waals surface area contributed by atoms with Crippen LogP contribution in [-0.4, -0.2) is 30.1 Å². The van der Waals surface area contributed by atoms with E-state index in [1.165, 1.54) is 24.8 Å². The highest BCUT2D eigenvalue weighted by atomic mass is 15.2. The van der Waals surface area contributed by atoms with Gasteiger partial charge in [-0.15, -0.1) is 0 Å². The maximum Gasteiger partial charge on any atom is 0.137 e. The van der Waals surface area contributed by atoms with E-state index in [1.54, 1.807) is 0 Å². The van der Waals surface area contributed by atoms with Crippen LogP contribution in [0.25, 0.3) is 0 Å². The number of aryl methyl sites for hydroxylation is 1. The zero-order valence-electron chi connectivity index (χ0n) is 12.7. The van der Waals surface area contributed by atoms with Crippen LogP contribution >= 0.6 is 0 Å². The molecular formula is C15H26N4. The maximum atomic E-state index is 4.76. The van der Waals surface area contributed by atoms with Gasteiger partial charge in [0.1, 0.15) is 17.5 Å². The molecule has 1 aromatic rings. The lowest BCUT2D eigenvalue weighted by molar-refractivity contribution is 0.521. The molecule has 1 saturated heterocycles. The molecule has 0 amide bonds. The summed E-state index contributed by atoms with van der Waals surface area (Å²) in [5.74, 6) is 3.87. The number of anilines is 2. The highest BCUT2D eigenvalue weighted by molar-refractivity contribution is 5.58. The van der Waals surface area contributed by atoms with Crippen LogP contribution in [0.3, 0.4) is 0 Å². The lowest BCUT2D eigenvalue weighted by Crippen LogP contribution is -2.27. The molecule has 1 N–H and O–H groups in total. The van der Waals surface area contributed by atoms with Crippen molar-refractivity contribution in [1.82, 2.24) is 9.97 Å². The first-order valence-electron chi connectivity index (χ1n) is 7.45. The van der Waals surface area contributed by atoms with Gasteiger partial charge in [0.15, 0.2) is 0 Å². The van der Waals surface area contributed by atoms with E-state index >= 15 is 0 Å². The van der Waals surface area contributed by atoms with Crippen molar-refractivity contribution in [3.05, 3.63) is 11.4 Å². The summed E-state index contributed by atoms with van der Waals surface area (Å²) in [6.07, 6.45) is 4.74. The molecule has 1 unspecified atom stereocenters. The third-order valence-corrected chi connectivity index (χ3v) is 4.04. The third-order valence-electron chi connectivity index (χ3n) is 4.04. The monoisotopic (exact) mass is 262 g/mol. The van der Waals surface area contributed by atoms with Gasteiger partial charge in [0, 0.05) is 32.1 Å². The second-order valence-corrected chi connectivity index (χ2v) is 5.56. The van der Waals surface area contributed by atoms with E-state index < -0.39 is 0 Å². The molecular weight excluding hydrogens is 236 g/mol. The lowest BCUT2D eigenvalue weighted by atomic mass is 10.0. The number of nitrogens with one attached hydrogen (secondary N) is 1. The first-order chi connectivity index (χ1) is 9.15. The highest BCUT2D eigenvalue weighted by Gasteiger charge is 2.19. The van der Waals surface area contributed by atoms with E-state index in [0.717, 1.165) is 42.9 Å². The minimum absolute atomic E-state index is 0.835. The van der Waals surface area contributed by atoms with Crippen molar-refractivity contribution in [2.45, 2.75) is 46.5 Å². The van der Waals surface area contributed by atoms with E-state index in [1.807, 2.05) is 7.05 Å². The summed E-state index contributed by atoms with van der Waals surface area (Å²) >= 11 is 0. The van der Waals surface area contributed by atoms with Gasteiger partial charge in [-0.3, -0.25) is 0 Å². The number of rotatable bonds is 3. The Bertz CT molecular complexity index is 430. The van der Waals surface area contributed by atoms with Gasteiger partial charge in [0.2, 0.25) is 0 Å². The fourth-order valence-corrected chi connectivity index (χ4v) is 2.73. The fourth-order valence-electron chi connectivity index (χ4n) is 2.73. The van der Waals surface area contributed by atoms with Crippen molar-refractivity contribution in [3.63, 3.8) is 0 Å². The molecule has 2 heterocycles. The minimum Gasteiger partial charge on any atom is -0.373 e. The predicted molar refractivity (Wildman–Crippen MR) is 80.9 cm³/mol. The molecule has 4 heteroatoms. The summed E-state index contributed by atoms with van der Waals surface area (Å²) in [4.78, 5) is 11.8. The van der Waals surface area contributed by atoms with E-state index in [2.05, 4.69) is 36.0 Å². The summed E-state index contributed by atoms with van der Waals surface area (Å²) in [5, 5.41) is 3.20. The molecule has 0 aliphatic carbocycles. The van der Waals surface area contributed by atoms with Crippen molar-refractivity contribution in [2.75, 3.05) is 30.4 Å². The van der Waals surface area contributed by atoms with Gasteiger partial charge in [-0.25, -0.2) is 9.97 Å². The molecule has 1 atom stereocenters. The Hall–Kier alpha value is -1.32. The lowest BCUT2D eigenvalue weighted by Gasteiger charge is -2.25. The van der Waals surface area contributed by atoms with Gasteiger partial charge in [0.25, 0.3) is 0 Å². The van der Waals surface area contributed by atoms with Crippen LogP contribution in [0.1, 0.15) is 44.5 Å². The summed E-state index contributed by atoms with van der Waals surface area (Å²) in [5.41, 5.74) is 1.18. The summed E-state index contributed by atoms with van der Waals surface area (Å²) in [6, 6.07) is 0. The smallest absolute Gasteiger partial charge is 0.137 e. The van der Waals surface area contributed by atoms with Crippen molar-refractivity contribution >= 4 is 11.6 Å². The van der Waals surface area contributed by atoms with E-state index in [-0.39, 0.29) is 0 Å². The Balaban J connectivity index is 2.31. The number of hydrogen-bond acceptors (Lipinski definition) is 4. The van der Waals surface area contributed by atoms with Gasteiger partial charge < -0.3 is 10.2 Å². The number of nitrogens with zero attached hydrogens (tertiary/aromatic N) is 3. The average Bonchev–Trinajstić information content (AvgIpc) is 2.64. The van der Waals surface area contributed by atoms with Gasteiger partial charge in [-0.05, 0) is 32.1 Å². The second kappa shape index (κ2) is 6.22. The zero-order chi connectivity index (χ0) is 13.8. The van der Waals surface area contributed by atoms with Gasteiger partial charge in [-0.2, -0.15) is 0 Å². The molecule has 106 valence electrons. The highest BCUT2D eigenvalue weighted by Crippen LogP contribution is 2.27. The normalized spacial score (nSPS) is 20.2. The summed E-state index contributed by atoms with van der Waals surface area (Å²) in [6.45, 7) is 8.82. The molecule has 1 aliphatic heterocycles.